The van der Waals surface area contributed by atoms with Crippen molar-refractivity contribution < 1.29 is 14.3 Å². The predicted molar refractivity (Wildman–Crippen MR) is 61.4 cm³/mol. The number of rotatable bonds is 6. The number of carbonyl (C=O) groups excluding carboxylic acids is 2. The average molecular weight is 237 g/mol. The highest BCUT2D eigenvalue weighted by atomic mass is 16.5. The van der Waals surface area contributed by atoms with Crippen molar-refractivity contribution in [3.8, 4) is 0 Å². The van der Waals surface area contributed by atoms with Crippen LogP contribution in [0.5, 0.6) is 0 Å². The van der Waals surface area contributed by atoms with Gasteiger partial charge in [0.05, 0.1) is 13.3 Å². The minimum Gasteiger partial charge on any atom is -0.367 e. The fourth-order valence-electron chi connectivity index (χ4n) is 1.23. The summed E-state index contributed by atoms with van der Waals surface area (Å²) in [5, 5.41) is 2.28. The van der Waals surface area contributed by atoms with E-state index in [1.54, 1.807) is 0 Å². The van der Waals surface area contributed by atoms with Crippen molar-refractivity contribution in [2.75, 3.05) is 6.67 Å². The van der Waals surface area contributed by atoms with E-state index in [0.29, 0.717) is 0 Å². The Morgan fingerprint density at radius 1 is 1.29 bits per heavy atom. The molecule has 1 aromatic rings. The van der Waals surface area contributed by atoms with E-state index in [9.17, 15) is 9.59 Å². The molecule has 0 aliphatic rings. The molecule has 2 amide bonds. The Bertz CT molecular complexity index is 381. The van der Waals surface area contributed by atoms with Gasteiger partial charge in [-0.3, -0.25) is 9.59 Å². The normalized spacial score (nSPS) is 11.8. The van der Waals surface area contributed by atoms with Crippen molar-refractivity contribution in [3.05, 3.63) is 35.9 Å². The van der Waals surface area contributed by atoms with Gasteiger partial charge in [0, 0.05) is 0 Å². The van der Waals surface area contributed by atoms with E-state index >= 15 is 0 Å². The maximum absolute atomic E-state index is 11.4. The standard InChI is InChI=1S/C11H15N3O3/c12-7-14-11(16)9(10(13)15)17-6-8-4-2-1-3-5-8/h1-5,9H,6-7,12H2,(H2,13,15)(H,14,16). The quantitative estimate of drug-likeness (QED) is 0.439. The molecule has 6 heteroatoms. The molecule has 0 radical (unpaired) electrons. The highest BCUT2D eigenvalue weighted by Crippen LogP contribution is 2.03. The third-order valence-corrected chi connectivity index (χ3v) is 2.03. The summed E-state index contributed by atoms with van der Waals surface area (Å²) in [6.07, 6.45) is -1.32. The Morgan fingerprint density at radius 2 is 1.94 bits per heavy atom. The molecular formula is C11H15N3O3. The van der Waals surface area contributed by atoms with Gasteiger partial charge >= 0.3 is 0 Å². The lowest BCUT2D eigenvalue weighted by atomic mass is 10.2. The van der Waals surface area contributed by atoms with E-state index < -0.39 is 17.9 Å². The van der Waals surface area contributed by atoms with Crippen LogP contribution in [0.15, 0.2) is 30.3 Å². The number of nitrogens with two attached hydrogens (primary N) is 2. The van der Waals surface area contributed by atoms with Gasteiger partial charge in [-0.1, -0.05) is 30.3 Å². The van der Waals surface area contributed by atoms with Gasteiger partial charge in [0.2, 0.25) is 6.10 Å². The molecule has 0 aromatic heterocycles. The highest BCUT2D eigenvalue weighted by molar-refractivity contribution is 6.02. The number of benzene rings is 1. The molecule has 0 bridgehead atoms. The largest absolute Gasteiger partial charge is 0.367 e. The molecule has 0 aliphatic heterocycles. The maximum Gasteiger partial charge on any atom is 0.259 e. The minimum atomic E-state index is -1.32. The highest BCUT2D eigenvalue weighted by Gasteiger charge is 2.24. The summed E-state index contributed by atoms with van der Waals surface area (Å²) in [5.74, 6) is -1.47. The molecule has 92 valence electrons. The van der Waals surface area contributed by atoms with Crippen molar-refractivity contribution in [3.63, 3.8) is 0 Å². The Morgan fingerprint density at radius 3 is 2.47 bits per heavy atom. The second-order valence-electron chi connectivity index (χ2n) is 3.32. The molecule has 0 saturated carbocycles. The third-order valence-electron chi connectivity index (χ3n) is 2.03. The minimum absolute atomic E-state index is 0.0721. The molecule has 0 fully saturated rings. The Balaban J connectivity index is 2.56. The molecule has 0 saturated heterocycles. The first kappa shape index (κ1) is 13.1. The van der Waals surface area contributed by atoms with E-state index in [0.717, 1.165) is 5.56 Å². The van der Waals surface area contributed by atoms with Crippen LogP contribution in [-0.2, 0) is 20.9 Å². The smallest absolute Gasteiger partial charge is 0.259 e. The number of amides is 2. The molecule has 1 aromatic carbocycles. The molecule has 1 unspecified atom stereocenters. The van der Waals surface area contributed by atoms with Crippen LogP contribution in [0, 0.1) is 0 Å². The van der Waals surface area contributed by atoms with E-state index in [-0.39, 0.29) is 13.3 Å². The molecule has 0 spiro atoms. The number of primary amides is 1. The summed E-state index contributed by atoms with van der Waals surface area (Å²) < 4.78 is 5.16. The van der Waals surface area contributed by atoms with Crippen molar-refractivity contribution in [2.45, 2.75) is 12.7 Å². The number of hydrogen-bond acceptors (Lipinski definition) is 4. The van der Waals surface area contributed by atoms with Crippen LogP contribution in [0.25, 0.3) is 0 Å². The lowest BCUT2D eigenvalue weighted by molar-refractivity contribution is -0.144. The van der Waals surface area contributed by atoms with Gasteiger partial charge < -0.3 is 21.5 Å². The van der Waals surface area contributed by atoms with Crippen molar-refractivity contribution in [1.82, 2.24) is 5.32 Å². The zero-order chi connectivity index (χ0) is 12.7. The van der Waals surface area contributed by atoms with Gasteiger partial charge in [0.15, 0.2) is 0 Å². The van der Waals surface area contributed by atoms with E-state index in [1.807, 2.05) is 30.3 Å². The van der Waals surface area contributed by atoms with Crippen LogP contribution in [-0.4, -0.2) is 24.6 Å². The topological polar surface area (TPSA) is 107 Å². The molecule has 1 rings (SSSR count). The lowest BCUT2D eigenvalue weighted by Crippen LogP contribution is -2.46. The summed E-state index contributed by atoms with van der Waals surface area (Å²) in [4.78, 5) is 22.4. The van der Waals surface area contributed by atoms with E-state index in [1.165, 1.54) is 0 Å². The molecule has 0 heterocycles. The Labute approximate surface area is 98.9 Å². The first-order valence-corrected chi connectivity index (χ1v) is 5.07. The molecule has 6 nitrogen and oxygen atoms in total. The van der Waals surface area contributed by atoms with Crippen molar-refractivity contribution in [2.24, 2.45) is 11.5 Å². The van der Waals surface area contributed by atoms with Gasteiger partial charge in [-0.05, 0) is 5.56 Å². The summed E-state index contributed by atoms with van der Waals surface area (Å²) in [6.45, 7) is 0.0593. The van der Waals surface area contributed by atoms with Gasteiger partial charge in [-0.25, -0.2) is 0 Å². The number of ether oxygens (including phenoxy) is 1. The molecule has 5 N–H and O–H groups in total. The third kappa shape index (κ3) is 4.21. The first-order chi connectivity index (χ1) is 8.15. The van der Waals surface area contributed by atoms with Crippen molar-refractivity contribution >= 4 is 11.8 Å². The van der Waals surface area contributed by atoms with Gasteiger partial charge in [0.25, 0.3) is 11.8 Å². The van der Waals surface area contributed by atoms with Crippen LogP contribution >= 0.6 is 0 Å². The number of carbonyl (C=O) groups is 2. The van der Waals surface area contributed by atoms with Crippen LogP contribution in [0.1, 0.15) is 5.56 Å². The van der Waals surface area contributed by atoms with Gasteiger partial charge in [-0.2, -0.15) is 0 Å². The van der Waals surface area contributed by atoms with Crippen LogP contribution in [0.4, 0.5) is 0 Å². The molecule has 0 aliphatic carbocycles. The number of hydrogen-bond donors (Lipinski definition) is 3. The Hall–Kier alpha value is -1.92. The maximum atomic E-state index is 11.4. The molecule has 1 atom stereocenters. The van der Waals surface area contributed by atoms with Crippen molar-refractivity contribution in [1.29, 1.82) is 0 Å². The summed E-state index contributed by atoms with van der Waals surface area (Å²) in [7, 11) is 0. The fraction of sp³-hybridized carbons (Fsp3) is 0.273. The summed E-state index contributed by atoms with van der Waals surface area (Å²) >= 11 is 0. The summed E-state index contributed by atoms with van der Waals surface area (Å²) in [6, 6.07) is 9.16. The SMILES string of the molecule is NCNC(=O)C(OCc1ccccc1)C(N)=O. The van der Waals surface area contributed by atoms with Crippen LogP contribution in [0.3, 0.4) is 0 Å². The number of nitrogens with one attached hydrogen (secondary N) is 1. The van der Waals surface area contributed by atoms with E-state index in [4.69, 9.17) is 16.2 Å². The Kier molecular flexibility index (Phi) is 5.12. The first-order valence-electron chi connectivity index (χ1n) is 5.07. The monoisotopic (exact) mass is 237 g/mol. The fourth-order valence-corrected chi connectivity index (χ4v) is 1.23. The molecular weight excluding hydrogens is 222 g/mol. The lowest BCUT2D eigenvalue weighted by Gasteiger charge is -2.13. The second-order valence-corrected chi connectivity index (χ2v) is 3.32. The van der Waals surface area contributed by atoms with Gasteiger partial charge in [0.1, 0.15) is 0 Å². The average Bonchev–Trinajstić information content (AvgIpc) is 2.30. The van der Waals surface area contributed by atoms with E-state index in [2.05, 4.69) is 5.32 Å². The second kappa shape index (κ2) is 6.62. The molecule has 17 heavy (non-hydrogen) atoms. The zero-order valence-corrected chi connectivity index (χ0v) is 9.26. The zero-order valence-electron chi connectivity index (χ0n) is 9.26. The summed E-state index contributed by atoms with van der Waals surface area (Å²) in [5.41, 5.74) is 11.0. The van der Waals surface area contributed by atoms with Crippen LogP contribution < -0.4 is 16.8 Å². The van der Waals surface area contributed by atoms with Crippen LogP contribution in [0.2, 0.25) is 0 Å². The predicted octanol–water partition coefficient (Wildman–Crippen LogP) is -0.910. The van der Waals surface area contributed by atoms with Gasteiger partial charge in [-0.15, -0.1) is 0 Å².